The maximum Gasteiger partial charge on any atom is 0.253 e. The molecule has 0 atom stereocenters. The lowest BCUT2D eigenvalue weighted by Crippen LogP contribution is -2.31. The molecule has 4 rings (SSSR count). The zero-order valence-electron chi connectivity index (χ0n) is 12.4. The van der Waals surface area contributed by atoms with Gasteiger partial charge in [0.15, 0.2) is 5.82 Å². The van der Waals surface area contributed by atoms with Crippen LogP contribution in [0.15, 0.2) is 36.5 Å². The molecule has 1 aliphatic rings. The summed E-state index contributed by atoms with van der Waals surface area (Å²) in [5, 5.41) is 2.77. The van der Waals surface area contributed by atoms with Gasteiger partial charge in [-0.15, -0.1) is 0 Å². The fourth-order valence-corrected chi connectivity index (χ4v) is 2.74. The molecule has 3 heterocycles. The van der Waals surface area contributed by atoms with Gasteiger partial charge in [0.05, 0.1) is 22.5 Å². The number of aromatic nitrogens is 3. The fourth-order valence-electron chi connectivity index (χ4n) is 2.74. The van der Waals surface area contributed by atoms with Crippen molar-refractivity contribution in [2.45, 2.75) is 6.42 Å². The molecule has 0 saturated carbocycles. The van der Waals surface area contributed by atoms with Crippen LogP contribution in [0.25, 0.3) is 22.8 Å². The number of halogens is 2. The van der Waals surface area contributed by atoms with E-state index in [2.05, 4.69) is 20.3 Å². The van der Waals surface area contributed by atoms with E-state index in [-0.39, 0.29) is 17.3 Å². The van der Waals surface area contributed by atoms with Crippen molar-refractivity contribution in [3.05, 3.63) is 59.4 Å². The molecule has 3 aromatic rings. The van der Waals surface area contributed by atoms with Crippen molar-refractivity contribution >= 4 is 5.91 Å². The number of benzene rings is 1. The molecule has 0 unspecified atom stereocenters. The molecular weight excluding hydrogens is 314 g/mol. The van der Waals surface area contributed by atoms with Gasteiger partial charge in [-0.05, 0) is 30.3 Å². The largest absolute Gasteiger partial charge is 0.356 e. The Kier molecular flexibility index (Phi) is 3.34. The number of carbonyl (C=O) groups is 1. The van der Waals surface area contributed by atoms with Crippen molar-refractivity contribution in [3.63, 3.8) is 0 Å². The standard InChI is InChI=1S/C17H12F2N4O/c18-9-1-2-12(19)10(7-9)16-20-5-4-14(23-16)15-8-11-13(22-15)3-6-21-17(11)24/h1-2,4-5,7-8,22H,3,6H2,(H,21,24). The van der Waals surface area contributed by atoms with Gasteiger partial charge in [0, 0.05) is 24.9 Å². The topological polar surface area (TPSA) is 70.7 Å². The van der Waals surface area contributed by atoms with E-state index in [9.17, 15) is 13.6 Å². The second kappa shape index (κ2) is 5.52. The highest BCUT2D eigenvalue weighted by Crippen LogP contribution is 2.25. The number of fused-ring (bicyclic) bond motifs is 1. The van der Waals surface area contributed by atoms with Crippen LogP contribution in [0.3, 0.4) is 0 Å². The van der Waals surface area contributed by atoms with Crippen LogP contribution in [0.5, 0.6) is 0 Å². The first-order valence-corrected chi connectivity index (χ1v) is 7.41. The van der Waals surface area contributed by atoms with Crippen LogP contribution < -0.4 is 5.32 Å². The first-order chi connectivity index (χ1) is 11.6. The summed E-state index contributed by atoms with van der Waals surface area (Å²) < 4.78 is 27.3. The summed E-state index contributed by atoms with van der Waals surface area (Å²) >= 11 is 0. The van der Waals surface area contributed by atoms with E-state index in [4.69, 9.17) is 0 Å². The number of nitrogens with zero attached hydrogens (tertiary/aromatic N) is 2. The fraction of sp³-hybridized carbons (Fsp3) is 0.118. The SMILES string of the molecule is O=C1NCCc2[nH]c(-c3ccnc(-c4cc(F)ccc4F)n3)cc21. The zero-order valence-corrected chi connectivity index (χ0v) is 12.4. The van der Waals surface area contributed by atoms with Crippen molar-refractivity contribution in [1.29, 1.82) is 0 Å². The first-order valence-electron chi connectivity index (χ1n) is 7.41. The lowest BCUT2D eigenvalue weighted by Gasteiger charge is -2.10. The van der Waals surface area contributed by atoms with Gasteiger partial charge in [-0.2, -0.15) is 0 Å². The summed E-state index contributed by atoms with van der Waals surface area (Å²) in [4.78, 5) is 23.3. The second-order valence-corrected chi connectivity index (χ2v) is 5.47. The van der Waals surface area contributed by atoms with Crippen LogP contribution in [0.4, 0.5) is 8.78 Å². The van der Waals surface area contributed by atoms with Gasteiger partial charge in [-0.1, -0.05) is 0 Å². The molecule has 5 nitrogen and oxygen atoms in total. The van der Waals surface area contributed by atoms with E-state index in [0.29, 0.717) is 29.9 Å². The third-order valence-corrected chi connectivity index (χ3v) is 3.91. The lowest BCUT2D eigenvalue weighted by molar-refractivity contribution is 0.0946. The monoisotopic (exact) mass is 326 g/mol. The van der Waals surface area contributed by atoms with Crippen LogP contribution in [-0.4, -0.2) is 27.4 Å². The van der Waals surface area contributed by atoms with Gasteiger partial charge >= 0.3 is 0 Å². The van der Waals surface area contributed by atoms with E-state index < -0.39 is 11.6 Å². The van der Waals surface area contributed by atoms with Crippen molar-refractivity contribution < 1.29 is 13.6 Å². The van der Waals surface area contributed by atoms with E-state index in [1.165, 1.54) is 6.20 Å². The molecule has 0 aliphatic carbocycles. The summed E-state index contributed by atoms with van der Waals surface area (Å²) in [5.74, 6) is -1.21. The summed E-state index contributed by atoms with van der Waals surface area (Å²) in [6.45, 7) is 0.579. The Morgan fingerprint density at radius 3 is 2.79 bits per heavy atom. The molecule has 7 heteroatoms. The zero-order chi connectivity index (χ0) is 16.7. The van der Waals surface area contributed by atoms with E-state index in [0.717, 1.165) is 23.9 Å². The number of H-pyrrole nitrogens is 1. The maximum absolute atomic E-state index is 13.9. The van der Waals surface area contributed by atoms with Gasteiger partial charge in [0.25, 0.3) is 5.91 Å². The van der Waals surface area contributed by atoms with Crippen LogP contribution in [0, 0.1) is 11.6 Å². The van der Waals surface area contributed by atoms with Crippen LogP contribution in [0.2, 0.25) is 0 Å². The number of aromatic amines is 1. The number of carbonyl (C=O) groups excluding carboxylic acids is 1. The molecular formula is C17H12F2N4O. The second-order valence-electron chi connectivity index (χ2n) is 5.47. The highest BCUT2D eigenvalue weighted by atomic mass is 19.1. The van der Waals surface area contributed by atoms with Crippen LogP contribution in [0.1, 0.15) is 16.1 Å². The molecule has 0 fully saturated rings. The summed E-state index contributed by atoms with van der Waals surface area (Å²) in [7, 11) is 0. The average molecular weight is 326 g/mol. The quantitative estimate of drug-likeness (QED) is 0.761. The number of amides is 1. The van der Waals surface area contributed by atoms with Crippen LogP contribution in [-0.2, 0) is 6.42 Å². The Labute approximate surface area is 135 Å². The van der Waals surface area contributed by atoms with Crippen molar-refractivity contribution in [3.8, 4) is 22.8 Å². The predicted molar refractivity (Wildman–Crippen MR) is 83.2 cm³/mol. The number of nitrogens with one attached hydrogen (secondary N) is 2. The van der Waals surface area contributed by atoms with E-state index >= 15 is 0 Å². The smallest absolute Gasteiger partial charge is 0.253 e. The van der Waals surface area contributed by atoms with Gasteiger partial charge in [-0.3, -0.25) is 4.79 Å². The third kappa shape index (κ3) is 2.44. The molecule has 2 aromatic heterocycles. The minimum atomic E-state index is -0.598. The van der Waals surface area contributed by atoms with Crippen molar-refractivity contribution in [1.82, 2.24) is 20.3 Å². The summed E-state index contributed by atoms with van der Waals surface area (Å²) in [6, 6.07) is 6.49. The van der Waals surface area contributed by atoms with Gasteiger partial charge in [0.1, 0.15) is 11.6 Å². The molecule has 1 aromatic carbocycles. The molecule has 0 saturated heterocycles. The van der Waals surface area contributed by atoms with Gasteiger partial charge in [0.2, 0.25) is 0 Å². The number of rotatable bonds is 2. The highest BCUT2D eigenvalue weighted by Gasteiger charge is 2.20. The molecule has 120 valence electrons. The minimum Gasteiger partial charge on any atom is -0.356 e. The molecule has 2 N–H and O–H groups in total. The first kappa shape index (κ1) is 14.5. The van der Waals surface area contributed by atoms with Gasteiger partial charge < -0.3 is 10.3 Å². The number of hydrogen-bond donors (Lipinski definition) is 2. The van der Waals surface area contributed by atoms with E-state index in [1.807, 2.05) is 0 Å². The summed E-state index contributed by atoms with van der Waals surface area (Å²) in [5.41, 5.74) is 2.55. The summed E-state index contributed by atoms with van der Waals surface area (Å²) in [6.07, 6.45) is 2.18. The molecule has 0 bridgehead atoms. The molecule has 0 spiro atoms. The molecule has 24 heavy (non-hydrogen) atoms. The van der Waals surface area contributed by atoms with E-state index in [1.54, 1.807) is 12.1 Å². The highest BCUT2D eigenvalue weighted by molar-refractivity contribution is 5.97. The van der Waals surface area contributed by atoms with Crippen molar-refractivity contribution in [2.75, 3.05) is 6.54 Å². The number of hydrogen-bond acceptors (Lipinski definition) is 3. The lowest BCUT2D eigenvalue weighted by atomic mass is 10.1. The molecule has 1 amide bonds. The Balaban J connectivity index is 1.78. The average Bonchev–Trinajstić information content (AvgIpc) is 3.03. The third-order valence-electron chi connectivity index (χ3n) is 3.91. The Morgan fingerprint density at radius 1 is 1.08 bits per heavy atom. The van der Waals surface area contributed by atoms with Gasteiger partial charge in [-0.25, -0.2) is 18.7 Å². The predicted octanol–water partition coefficient (Wildman–Crippen LogP) is 2.70. The normalized spacial score (nSPS) is 13.5. The Bertz CT molecular complexity index is 952. The molecule has 0 radical (unpaired) electrons. The molecule has 1 aliphatic heterocycles. The van der Waals surface area contributed by atoms with Crippen molar-refractivity contribution in [2.24, 2.45) is 0 Å². The maximum atomic E-state index is 13.9. The van der Waals surface area contributed by atoms with Crippen LogP contribution >= 0.6 is 0 Å². The minimum absolute atomic E-state index is 0.00841. The Hall–Kier alpha value is -3.09. The Morgan fingerprint density at radius 2 is 1.96 bits per heavy atom.